The van der Waals surface area contributed by atoms with Gasteiger partial charge in [-0.3, -0.25) is 5.06 Å². The van der Waals surface area contributed by atoms with Gasteiger partial charge in [0.25, 0.3) is 5.84 Å². The summed E-state index contributed by atoms with van der Waals surface area (Å²) in [6, 6.07) is 0. The van der Waals surface area contributed by atoms with Gasteiger partial charge in [0.1, 0.15) is 0 Å². The van der Waals surface area contributed by atoms with Crippen LogP contribution in [0.3, 0.4) is 0 Å². The number of aliphatic imine (C=N–C) groups is 1. The molecule has 0 aromatic heterocycles. The molecule has 0 saturated heterocycles. The zero-order valence-corrected chi connectivity index (χ0v) is 4.85. The van der Waals surface area contributed by atoms with E-state index in [-0.39, 0.29) is 10.9 Å². The third-order valence-corrected chi connectivity index (χ3v) is 1.16. The fourth-order valence-corrected chi connectivity index (χ4v) is 0.713. The lowest BCUT2D eigenvalue weighted by molar-refractivity contribution is -0.627. The molecule has 0 bridgehead atoms. The Balaban J connectivity index is 2.45. The average Bonchev–Trinajstić information content (AvgIpc) is 2.36. The number of hydrogen-bond acceptors (Lipinski definition) is 5. The van der Waals surface area contributed by atoms with Crippen molar-refractivity contribution in [3.8, 4) is 0 Å². The quantitative estimate of drug-likeness (QED) is 0.428. The van der Waals surface area contributed by atoms with E-state index in [2.05, 4.69) is 20.4 Å². The number of hydrogen-bond donors (Lipinski definition) is 1. The Labute approximate surface area is 55.8 Å². The number of nitrogens with zero attached hydrogens (tertiary/aromatic N) is 4. The molecule has 0 spiro atoms. The van der Waals surface area contributed by atoms with Crippen LogP contribution in [0.5, 0.6) is 0 Å². The number of nitrogens with one attached hydrogen (secondary N) is 1. The first kappa shape index (κ1) is 5.39. The Kier molecular flexibility index (Phi) is 0.965. The maximum absolute atomic E-state index is 10.8. The van der Waals surface area contributed by atoms with E-state index in [1.54, 1.807) is 0 Å². The molecule has 0 aromatic rings. The highest BCUT2D eigenvalue weighted by Crippen LogP contribution is 2.06. The van der Waals surface area contributed by atoms with Crippen LogP contribution in [0.4, 0.5) is 0 Å². The highest BCUT2D eigenvalue weighted by atomic mass is 16.5. The molecule has 6 nitrogen and oxygen atoms in total. The number of rotatable bonds is 0. The fraction of sp³-hybridized carbons (Fsp3) is 0. The first-order chi connectivity index (χ1) is 4.88. The summed E-state index contributed by atoms with van der Waals surface area (Å²) < 4.78 is 0. The first-order valence-electron chi connectivity index (χ1n) is 2.65. The van der Waals surface area contributed by atoms with E-state index in [0.717, 1.165) is 0 Å². The Hall–Kier alpha value is -1.40. The summed E-state index contributed by atoms with van der Waals surface area (Å²) in [5.41, 5.74) is 0.451. The standard InChI is InChI=1S/C4H3N5O/c10-9-2-5-1-3-4(9)7-8-6-3/h1-2,9H. The molecule has 6 heteroatoms. The minimum Gasteiger partial charge on any atom is -0.621 e. The second-order valence-corrected chi connectivity index (χ2v) is 1.79. The van der Waals surface area contributed by atoms with Crippen LogP contribution in [-0.2, 0) is 0 Å². The lowest BCUT2D eigenvalue weighted by Gasteiger charge is -2.15. The van der Waals surface area contributed by atoms with Gasteiger partial charge in [-0.05, 0) is 5.22 Å². The van der Waals surface area contributed by atoms with Crippen LogP contribution in [0.15, 0.2) is 32.3 Å². The fourth-order valence-electron chi connectivity index (χ4n) is 0.713. The molecular weight excluding hydrogens is 134 g/mol. The van der Waals surface area contributed by atoms with Gasteiger partial charge in [-0.25, -0.2) is 4.99 Å². The van der Waals surface area contributed by atoms with E-state index in [1.165, 1.54) is 12.5 Å². The molecule has 0 fully saturated rings. The molecule has 50 valence electrons. The highest BCUT2D eigenvalue weighted by molar-refractivity contribution is 5.96. The molecule has 2 rings (SSSR count). The summed E-state index contributed by atoms with van der Waals surface area (Å²) in [4.78, 5) is 3.63. The lowest BCUT2D eigenvalue weighted by atomic mass is 10.4. The number of hydroxylamine groups is 2. The van der Waals surface area contributed by atoms with Crippen LogP contribution in [0.25, 0.3) is 0 Å². The molecule has 10 heavy (non-hydrogen) atoms. The number of amidine groups is 1. The van der Waals surface area contributed by atoms with Gasteiger partial charge in [-0.1, -0.05) is 5.10 Å². The molecule has 0 aliphatic carbocycles. The molecule has 0 amide bonds. The maximum Gasteiger partial charge on any atom is 0.282 e. The van der Waals surface area contributed by atoms with Crippen molar-refractivity contribution in [1.82, 2.24) is 0 Å². The molecule has 0 radical (unpaired) electrons. The van der Waals surface area contributed by atoms with E-state index in [9.17, 15) is 5.21 Å². The van der Waals surface area contributed by atoms with Crippen LogP contribution in [-0.4, -0.2) is 12.2 Å². The monoisotopic (exact) mass is 137 g/mol. The molecule has 1 unspecified atom stereocenters. The van der Waals surface area contributed by atoms with Crippen molar-refractivity contribution in [2.24, 2.45) is 20.4 Å². The Morgan fingerprint density at radius 1 is 1.50 bits per heavy atom. The molecule has 2 aliphatic heterocycles. The zero-order valence-electron chi connectivity index (χ0n) is 4.85. The van der Waals surface area contributed by atoms with Gasteiger partial charge in [-0.2, -0.15) is 0 Å². The van der Waals surface area contributed by atoms with Crippen LogP contribution in [0.2, 0.25) is 0 Å². The summed E-state index contributed by atoms with van der Waals surface area (Å²) in [5.74, 6) is 0.287. The molecule has 1 atom stereocenters. The maximum atomic E-state index is 10.8. The summed E-state index contributed by atoms with van der Waals surface area (Å²) in [6.07, 6.45) is 2.65. The number of fused-ring (bicyclic) bond motifs is 1. The Bertz CT molecular complexity index is 275. The van der Waals surface area contributed by atoms with E-state index in [1.807, 2.05) is 0 Å². The van der Waals surface area contributed by atoms with Crippen molar-refractivity contribution < 1.29 is 5.06 Å². The first-order valence-corrected chi connectivity index (χ1v) is 2.65. The predicted octanol–water partition coefficient (Wildman–Crippen LogP) is -0.968. The van der Waals surface area contributed by atoms with Gasteiger partial charge in [0.15, 0.2) is 12.0 Å². The van der Waals surface area contributed by atoms with Crippen LogP contribution in [0.1, 0.15) is 0 Å². The summed E-state index contributed by atoms with van der Waals surface area (Å²) in [6.45, 7) is 0. The molecule has 2 heterocycles. The topological polar surface area (TPSA) is 76.9 Å². The average molecular weight is 137 g/mol. The Morgan fingerprint density at radius 3 is 3.20 bits per heavy atom. The second-order valence-electron chi connectivity index (χ2n) is 1.79. The second kappa shape index (κ2) is 1.79. The van der Waals surface area contributed by atoms with Crippen LogP contribution < -0.4 is 5.06 Å². The van der Waals surface area contributed by atoms with Crippen molar-refractivity contribution in [2.45, 2.75) is 0 Å². The van der Waals surface area contributed by atoms with Crippen molar-refractivity contribution >= 4 is 12.2 Å². The largest absolute Gasteiger partial charge is 0.621 e. The van der Waals surface area contributed by atoms with E-state index in [4.69, 9.17) is 0 Å². The van der Waals surface area contributed by atoms with Gasteiger partial charge in [0.05, 0.1) is 6.20 Å². The Morgan fingerprint density at radius 2 is 2.40 bits per heavy atom. The summed E-state index contributed by atoms with van der Waals surface area (Å²) in [7, 11) is 0. The zero-order chi connectivity index (χ0) is 6.97. The number of quaternary nitrogens is 1. The highest BCUT2D eigenvalue weighted by Gasteiger charge is 2.21. The van der Waals surface area contributed by atoms with E-state index < -0.39 is 0 Å². The molecular formula is C4H3N5O. The van der Waals surface area contributed by atoms with Crippen molar-refractivity contribution in [3.05, 3.63) is 17.1 Å². The predicted molar refractivity (Wildman–Crippen MR) is 33.2 cm³/mol. The third kappa shape index (κ3) is 0.598. The van der Waals surface area contributed by atoms with Crippen molar-refractivity contribution in [2.75, 3.05) is 0 Å². The van der Waals surface area contributed by atoms with Gasteiger partial charge in [-0.15, -0.1) is 5.11 Å². The van der Waals surface area contributed by atoms with Crippen molar-refractivity contribution in [3.63, 3.8) is 0 Å². The van der Waals surface area contributed by atoms with Gasteiger partial charge >= 0.3 is 0 Å². The minimum atomic E-state index is -0.234. The minimum absolute atomic E-state index is 0.234. The van der Waals surface area contributed by atoms with E-state index >= 15 is 0 Å². The smallest absolute Gasteiger partial charge is 0.282 e. The summed E-state index contributed by atoms with van der Waals surface area (Å²) >= 11 is 0. The van der Waals surface area contributed by atoms with Gasteiger partial charge < -0.3 is 5.21 Å². The molecule has 0 aromatic carbocycles. The van der Waals surface area contributed by atoms with Crippen LogP contribution in [0, 0.1) is 5.21 Å². The summed E-state index contributed by atoms with van der Waals surface area (Å²) in [5, 5.41) is 21.0. The third-order valence-electron chi connectivity index (χ3n) is 1.16. The lowest BCUT2D eigenvalue weighted by Crippen LogP contribution is -3.09. The normalized spacial score (nSPS) is 27.9. The van der Waals surface area contributed by atoms with Crippen molar-refractivity contribution in [1.29, 1.82) is 0 Å². The van der Waals surface area contributed by atoms with Gasteiger partial charge in [0, 0.05) is 0 Å². The van der Waals surface area contributed by atoms with Gasteiger partial charge in [0.2, 0.25) is 0 Å². The van der Waals surface area contributed by atoms with Crippen LogP contribution >= 0.6 is 0 Å². The molecule has 0 saturated carbocycles. The SMILES string of the molecule is [O-][NH+]1C=NC=C2N=NN=C21. The molecule has 1 N–H and O–H groups in total. The van der Waals surface area contributed by atoms with E-state index in [0.29, 0.717) is 5.70 Å². The molecule has 2 aliphatic rings.